The van der Waals surface area contributed by atoms with Gasteiger partial charge in [0.25, 0.3) is 0 Å². The molecule has 24 heavy (non-hydrogen) atoms. The smallest absolute Gasteiger partial charge is 0.333 e. The first-order valence-corrected chi connectivity index (χ1v) is 9.42. The van der Waals surface area contributed by atoms with E-state index in [4.69, 9.17) is 16.3 Å². The molecule has 2 aliphatic rings. The molecule has 0 aliphatic heterocycles. The van der Waals surface area contributed by atoms with Gasteiger partial charge in [-0.3, -0.25) is 4.79 Å². The molecule has 2 aliphatic carbocycles. The summed E-state index contributed by atoms with van der Waals surface area (Å²) in [6, 6.07) is 0. The highest BCUT2D eigenvalue weighted by Crippen LogP contribution is 2.58. The molecule has 0 aromatic heterocycles. The number of hydrogen-bond acceptors (Lipinski definition) is 3. The predicted molar refractivity (Wildman–Crippen MR) is 94.2 cm³/mol. The molecule has 1 fully saturated rings. The summed E-state index contributed by atoms with van der Waals surface area (Å²) in [5, 5.41) is 19.7. The van der Waals surface area contributed by atoms with Crippen LogP contribution in [-0.2, 0) is 14.3 Å². The fourth-order valence-electron chi connectivity index (χ4n) is 3.44. The maximum absolute atomic E-state index is 12.3. The van der Waals surface area contributed by atoms with Gasteiger partial charge in [-0.1, -0.05) is 13.3 Å². The molecular weight excluding hydrogens is 400 g/mol. The summed E-state index contributed by atoms with van der Waals surface area (Å²) in [6.07, 6.45) is 3.30. The molecule has 0 amide bonds. The number of alkyl halides is 1. The van der Waals surface area contributed by atoms with Crippen molar-refractivity contribution in [3.63, 3.8) is 0 Å². The van der Waals surface area contributed by atoms with Crippen molar-refractivity contribution in [3.05, 3.63) is 21.4 Å². The second-order valence-electron chi connectivity index (χ2n) is 6.41. The molecule has 0 spiro atoms. The average molecular weight is 422 g/mol. The molecule has 0 saturated heterocycles. The molecule has 2 N–H and O–H groups in total. The van der Waals surface area contributed by atoms with Gasteiger partial charge in [-0.25, -0.2) is 4.79 Å². The van der Waals surface area contributed by atoms with E-state index >= 15 is 0 Å². The van der Waals surface area contributed by atoms with Crippen LogP contribution in [0, 0.1) is 17.3 Å². The van der Waals surface area contributed by atoms with E-state index in [0.717, 1.165) is 25.7 Å². The average Bonchev–Trinajstić information content (AvgIpc) is 3.35. The van der Waals surface area contributed by atoms with E-state index in [1.54, 1.807) is 6.92 Å². The van der Waals surface area contributed by atoms with E-state index < -0.39 is 23.3 Å². The fourth-order valence-corrected chi connectivity index (χ4v) is 4.44. The van der Waals surface area contributed by atoms with Crippen LogP contribution in [-0.4, -0.2) is 34.6 Å². The van der Waals surface area contributed by atoms with Crippen LogP contribution in [0.15, 0.2) is 21.4 Å². The lowest BCUT2D eigenvalue weighted by Gasteiger charge is -2.42. The van der Waals surface area contributed by atoms with Crippen molar-refractivity contribution in [1.29, 1.82) is 0 Å². The molecule has 7 heteroatoms. The highest BCUT2D eigenvalue weighted by Gasteiger charge is 2.60. The van der Waals surface area contributed by atoms with Crippen LogP contribution in [0.25, 0.3) is 0 Å². The largest absolute Gasteiger partial charge is 0.496 e. The Morgan fingerprint density at radius 3 is 2.42 bits per heavy atom. The Kier molecular flexibility index (Phi) is 6.02. The molecule has 2 unspecified atom stereocenters. The molecule has 5 nitrogen and oxygen atoms in total. The molecule has 0 aromatic carbocycles. The summed E-state index contributed by atoms with van der Waals surface area (Å²) in [7, 11) is 0. The number of allylic oxidation sites excluding steroid dienone is 2. The molecule has 0 aromatic rings. The number of unbranched alkanes of at least 4 members (excludes halogenated alkanes) is 1. The standard InChI is InChI=1S/C17H22BrClO5/c1-3-4-7-24-14-9(2)13(18)11(15(20)21)12(10-5-6-10)17(14,8-19)16(22)23/h10,12H,3-8H2,1-2H3,(H,20,21)(H,22,23). The lowest BCUT2D eigenvalue weighted by atomic mass is 9.65. The number of rotatable bonds is 8. The van der Waals surface area contributed by atoms with E-state index in [0.29, 0.717) is 22.4 Å². The minimum absolute atomic E-state index is 0.00336. The zero-order chi connectivity index (χ0) is 18.1. The first kappa shape index (κ1) is 19.3. The van der Waals surface area contributed by atoms with E-state index in [2.05, 4.69) is 15.9 Å². The van der Waals surface area contributed by atoms with Crippen LogP contribution in [0.4, 0.5) is 0 Å². The van der Waals surface area contributed by atoms with Crippen LogP contribution >= 0.6 is 27.5 Å². The zero-order valence-electron chi connectivity index (χ0n) is 13.8. The first-order chi connectivity index (χ1) is 11.3. The van der Waals surface area contributed by atoms with Crippen LogP contribution in [0.5, 0.6) is 0 Å². The first-order valence-electron chi connectivity index (χ1n) is 8.09. The van der Waals surface area contributed by atoms with Crippen molar-refractivity contribution in [2.24, 2.45) is 17.3 Å². The normalized spacial score (nSPS) is 27.4. The Morgan fingerprint density at radius 1 is 1.38 bits per heavy atom. The summed E-state index contributed by atoms with van der Waals surface area (Å²) < 4.78 is 6.28. The third kappa shape index (κ3) is 3.10. The molecule has 0 radical (unpaired) electrons. The van der Waals surface area contributed by atoms with E-state index in [-0.39, 0.29) is 17.4 Å². The van der Waals surface area contributed by atoms with E-state index in [1.807, 2.05) is 6.92 Å². The van der Waals surface area contributed by atoms with Crippen molar-refractivity contribution < 1.29 is 24.5 Å². The van der Waals surface area contributed by atoms with Crippen LogP contribution in [0.1, 0.15) is 39.5 Å². The third-order valence-corrected chi connectivity index (χ3v) is 6.26. The molecule has 0 heterocycles. The quantitative estimate of drug-likeness (QED) is 0.454. The molecule has 134 valence electrons. The lowest BCUT2D eigenvalue weighted by molar-refractivity contribution is -0.151. The van der Waals surface area contributed by atoms with Crippen molar-refractivity contribution in [2.75, 3.05) is 12.5 Å². The Morgan fingerprint density at radius 2 is 2.00 bits per heavy atom. The van der Waals surface area contributed by atoms with Gasteiger partial charge >= 0.3 is 11.9 Å². The molecule has 0 bridgehead atoms. The highest BCUT2D eigenvalue weighted by molar-refractivity contribution is 9.12. The van der Waals surface area contributed by atoms with Gasteiger partial charge in [-0.2, -0.15) is 0 Å². The van der Waals surface area contributed by atoms with Gasteiger partial charge in [-0.05, 0) is 48.0 Å². The van der Waals surface area contributed by atoms with E-state index in [1.165, 1.54) is 0 Å². The maximum Gasteiger partial charge on any atom is 0.333 e. The lowest BCUT2D eigenvalue weighted by Crippen LogP contribution is -2.48. The van der Waals surface area contributed by atoms with Crippen molar-refractivity contribution in [1.82, 2.24) is 0 Å². The number of carboxylic acid groups (broad SMARTS) is 2. The molecule has 2 rings (SSSR count). The Hall–Kier alpha value is -1.01. The second kappa shape index (κ2) is 7.48. The summed E-state index contributed by atoms with van der Waals surface area (Å²) in [6.45, 7) is 4.08. The van der Waals surface area contributed by atoms with Gasteiger partial charge < -0.3 is 14.9 Å². The van der Waals surface area contributed by atoms with Crippen LogP contribution in [0.2, 0.25) is 0 Å². The number of ether oxygens (including phenoxy) is 1. The van der Waals surface area contributed by atoms with Gasteiger partial charge in [0.1, 0.15) is 11.2 Å². The SMILES string of the molecule is CCCCOC1=C(C)C(Br)=C(C(=O)O)C(C2CC2)C1(CCl)C(=O)O. The van der Waals surface area contributed by atoms with Crippen molar-refractivity contribution >= 4 is 39.5 Å². The van der Waals surface area contributed by atoms with Gasteiger partial charge in [0, 0.05) is 21.9 Å². The summed E-state index contributed by atoms with van der Waals surface area (Å²) >= 11 is 9.52. The van der Waals surface area contributed by atoms with Gasteiger partial charge in [0.05, 0.1) is 12.2 Å². The van der Waals surface area contributed by atoms with Crippen molar-refractivity contribution in [3.8, 4) is 0 Å². The minimum Gasteiger partial charge on any atom is -0.496 e. The summed E-state index contributed by atoms with van der Waals surface area (Å²) in [5.74, 6) is -2.86. The van der Waals surface area contributed by atoms with Crippen LogP contribution < -0.4 is 0 Å². The number of halogens is 2. The van der Waals surface area contributed by atoms with Gasteiger partial charge in [0.2, 0.25) is 0 Å². The highest BCUT2D eigenvalue weighted by atomic mass is 79.9. The predicted octanol–water partition coefficient (Wildman–Crippen LogP) is 4.16. The third-order valence-electron chi connectivity index (χ3n) is 4.81. The van der Waals surface area contributed by atoms with Gasteiger partial charge in [0.15, 0.2) is 0 Å². The Bertz CT molecular complexity index is 608. The summed E-state index contributed by atoms with van der Waals surface area (Å²) in [4.78, 5) is 24.1. The Balaban J connectivity index is 2.65. The van der Waals surface area contributed by atoms with Gasteiger partial charge in [-0.15, -0.1) is 11.6 Å². The molecule has 2 atom stereocenters. The maximum atomic E-state index is 12.3. The summed E-state index contributed by atoms with van der Waals surface area (Å²) in [5.41, 5.74) is -0.935. The number of carbonyl (C=O) groups is 2. The van der Waals surface area contributed by atoms with Crippen molar-refractivity contribution in [2.45, 2.75) is 39.5 Å². The second-order valence-corrected chi connectivity index (χ2v) is 7.47. The Labute approximate surface area is 154 Å². The number of carboxylic acids is 2. The monoisotopic (exact) mass is 420 g/mol. The fraction of sp³-hybridized carbons (Fsp3) is 0.647. The zero-order valence-corrected chi connectivity index (χ0v) is 16.1. The minimum atomic E-state index is -1.54. The molecular formula is C17H22BrClO5. The number of hydrogen-bond donors (Lipinski definition) is 2. The molecule has 1 saturated carbocycles. The number of aliphatic carboxylic acids is 2. The topological polar surface area (TPSA) is 83.8 Å². The van der Waals surface area contributed by atoms with Crippen LogP contribution in [0.3, 0.4) is 0 Å². The van der Waals surface area contributed by atoms with E-state index in [9.17, 15) is 19.8 Å².